The fourth-order valence-electron chi connectivity index (χ4n) is 3.32. The number of para-hydroxylation sites is 1. The first-order valence-corrected chi connectivity index (χ1v) is 12.2. The van der Waals surface area contributed by atoms with E-state index in [2.05, 4.69) is 0 Å². The largest absolute Gasteiger partial charge is 0.465 e. The van der Waals surface area contributed by atoms with Crippen LogP contribution in [0, 0.1) is 13.8 Å². The van der Waals surface area contributed by atoms with Gasteiger partial charge in [-0.25, -0.2) is 4.98 Å². The Kier molecular flexibility index (Phi) is 7.73. The first kappa shape index (κ1) is 24.0. The number of aromatic nitrogens is 2. The van der Waals surface area contributed by atoms with Crippen LogP contribution in [0.3, 0.4) is 0 Å². The van der Waals surface area contributed by atoms with Gasteiger partial charge in [0, 0.05) is 16.6 Å². The molecule has 0 saturated carbocycles. The second-order valence-electron chi connectivity index (χ2n) is 7.54. The number of hydrogen-bond donors (Lipinski definition) is 0. The Hall–Kier alpha value is -2.65. The van der Waals surface area contributed by atoms with Crippen LogP contribution in [0.5, 0.6) is 0 Å². The number of thioether (sulfide) groups is 1. The van der Waals surface area contributed by atoms with E-state index in [9.17, 15) is 14.4 Å². The van der Waals surface area contributed by atoms with Crippen LogP contribution >= 0.6 is 23.1 Å². The molecule has 1 aromatic carbocycles. The zero-order chi connectivity index (χ0) is 23.4. The van der Waals surface area contributed by atoms with E-state index in [4.69, 9.17) is 9.72 Å². The summed E-state index contributed by atoms with van der Waals surface area (Å²) in [4.78, 5) is 46.3. The van der Waals surface area contributed by atoms with Crippen molar-refractivity contribution in [2.45, 2.75) is 45.8 Å². The molecule has 0 aliphatic heterocycles. The molecule has 3 rings (SSSR count). The number of anilines is 1. The lowest BCUT2D eigenvalue weighted by molar-refractivity contribution is -0.142. The number of esters is 1. The molecule has 1 amide bonds. The minimum absolute atomic E-state index is 0.0301. The molecular formula is C23H27N3O4S2. The van der Waals surface area contributed by atoms with Gasteiger partial charge in [0.1, 0.15) is 11.4 Å². The zero-order valence-corrected chi connectivity index (χ0v) is 20.5. The summed E-state index contributed by atoms with van der Waals surface area (Å²) in [5.41, 5.74) is 1.47. The lowest BCUT2D eigenvalue weighted by atomic mass is 10.2. The highest BCUT2D eigenvalue weighted by Gasteiger charge is 2.23. The van der Waals surface area contributed by atoms with Gasteiger partial charge in [0.15, 0.2) is 5.16 Å². The van der Waals surface area contributed by atoms with Crippen LogP contribution in [0.1, 0.15) is 37.3 Å². The zero-order valence-electron chi connectivity index (χ0n) is 18.9. The van der Waals surface area contributed by atoms with Crippen LogP contribution < -0.4 is 10.5 Å². The minimum Gasteiger partial charge on any atom is -0.465 e. The van der Waals surface area contributed by atoms with E-state index in [0.29, 0.717) is 21.1 Å². The molecule has 0 aliphatic carbocycles. The molecule has 3 aromatic rings. The number of hydrogen-bond acceptors (Lipinski definition) is 7. The topological polar surface area (TPSA) is 81.5 Å². The Morgan fingerprint density at radius 3 is 2.53 bits per heavy atom. The Bertz CT molecular complexity index is 1190. The number of aryl methyl sites for hydroxylation is 2. The molecule has 0 fully saturated rings. The number of thiophene rings is 1. The van der Waals surface area contributed by atoms with E-state index in [1.165, 1.54) is 28.0 Å². The van der Waals surface area contributed by atoms with Gasteiger partial charge < -0.3 is 9.64 Å². The molecule has 0 unspecified atom stereocenters. The van der Waals surface area contributed by atoms with Gasteiger partial charge >= 0.3 is 5.97 Å². The molecule has 32 heavy (non-hydrogen) atoms. The molecule has 9 heteroatoms. The van der Waals surface area contributed by atoms with Crippen molar-refractivity contribution in [3.05, 3.63) is 51.1 Å². The van der Waals surface area contributed by atoms with Crippen molar-refractivity contribution < 1.29 is 14.3 Å². The van der Waals surface area contributed by atoms with Gasteiger partial charge in [-0.2, -0.15) is 0 Å². The monoisotopic (exact) mass is 473 g/mol. The number of ether oxygens (including phenoxy) is 1. The summed E-state index contributed by atoms with van der Waals surface area (Å²) >= 11 is 2.69. The summed E-state index contributed by atoms with van der Waals surface area (Å²) in [7, 11) is 0. The first-order valence-electron chi connectivity index (χ1n) is 10.4. The molecule has 7 nitrogen and oxygen atoms in total. The molecule has 0 saturated heterocycles. The number of benzene rings is 1. The van der Waals surface area contributed by atoms with Crippen molar-refractivity contribution in [2.75, 3.05) is 23.8 Å². The SMILES string of the molecule is CCOC(=O)CN(C(=O)CSc1nc2sc(C)c(C)c2c(=O)n1C(C)C)c1ccccc1. The molecule has 0 aliphatic rings. The van der Waals surface area contributed by atoms with E-state index in [1.807, 2.05) is 33.8 Å². The van der Waals surface area contributed by atoms with Crippen molar-refractivity contribution in [1.29, 1.82) is 0 Å². The summed E-state index contributed by atoms with van der Waals surface area (Å²) in [5.74, 6) is -0.710. The second kappa shape index (κ2) is 10.3. The predicted molar refractivity (Wildman–Crippen MR) is 130 cm³/mol. The molecule has 2 heterocycles. The number of carbonyl (C=O) groups is 2. The van der Waals surface area contributed by atoms with Crippen LogP contribution in [0.25, 0.3) is 10.2 Å². The highest BCUT2D eigenvalue weighted by molar-refractivity contribution is 7.99. The third-order valence-corrected chi connectivity index (χ3v) is 7.04. The molecule has 0 spiro atoms. The maximum Gasteiger partial charge on any atom is 0.326 e. The number of rotatable bonds is 8. The Morgan fingerprint density at radius 1 is 1.22 bits per heavy atom. The van der Waals surface area contributed by atoms with Gasteiger partial charge in [0.05, 0.1) is 17.7 Å². The average Bonchev–Trinajstić information content (AvgIpc) is 3.04. The van der Waals surface area contributed by atoms with Crippen molar-refractivity contribution in [3.8, 4) is 0 Å². The standard InChI is InChI=1S/C23H27N3O4S2/c1-6-30-19(28)12-25(17-10-8-7-9-11-17)18(27)13-31-23-24-21-20(15(4)16(5)32-21)22(29)26(23)14(2)3/h7-11,14H,6,12-13H2,1-5H3. The normalized spacial score (nSPS) is 11.2. The fourth-order valence-corrected chi connectivity index (χ4v) is 5.39. The van der Waals surface area contributed by atoms with Gasteiger partial charge in [-0.05, 0) is 52.3 Å². The molecular weight excluding hydrogens is 446 g/mol. The van der Waals surface area contributed by atoms with E-state index >= 15 is 0 Å². The molecule has 170 valence electrons. The Labute approximate surface area is 195 Å². The highest BCUT2D eigenvalue weighted by atomic mass is 32.2. The van der Waals surface area contributed by atoms with E-state index in [0.717, 1.165) is 10.4 Å². The Morgan fingerprint density at radius 2 is 1.91 bits per heavy atom. The summed E-state index contributed by atoms with van der Waals surface area (Å²) in [6.07, 6.45) is 0. The number of fused-ring (bicyclic) bond motifs is 1. The molecule has 0 bridgehead atoms. The summed E-state index contributed by atoms with van der Waals surface area (Å²) in [6.45, 7) is 9.55. The van der Waals surface area contributed by atoms with Gasteiger partial charge in [-0.3, -0.25) is 19.0 Å². The highest BCUT2D eigenvalue weighted by Crippen LogP contribution is 2.29. The number of nitrogens with zero attached hydrogens (tertiary/aromatic N) is 3. The lowest BCUT2D eigenvalue weighted by Gasteiger charge is -2.22. The van der Waals surface area contributed by atoms with Gasteiger partial charge in [-0.15, -0.1) is 11.3 Å². The van der Waals surface area contributed by atoms with Crippen LogP contribution in [0.4, 0.5) is 5.69 Å². The second-order valence-corrected chi connectivity index (χ2v) is 9.68. The summed E-state index contributed by atoms with van der Waals surface area (Å²) < 4.78 is 6.68. The van der Waals surface area contributed by atoms with Crippen molar-refractivity contribution in [3.63, 3.8) is 0 Å². The molecule has 0 atom stereocenters. The Balaban J connectivity index is 1.91. The van der Waals surface area contributed by atoms with Crippen LogP contribution in [-0.2, 0) is 14.3 Å². The molecule has 0 radical (unpaired) electrons. The average molecular weight is 474 g/mol. The van der Waals surface area contributed by atoms with E-state index in [-0.39, 0.29) is 36.4 Å². The van der Waals surface area contributed by atoms with Gasteiger partial charge in [0.2, 0.25) is 5.91 Å². The predicted octanol–water partition coefficient (Wildman–Crippen LogP) is 4.34. The summed E-state index contributed by atoms with van der Waals surface area (Å²) in [5, 5.41) is 1.14. The molecule has 0 N–H and O–H groups in total. The third-order valence-electron chi connectivity index (χ3n) is 5.01. The maximum atomic E-state index is 13.2. The maximum absolute atomic E-state index is 13.2. The smallest absolute Gasteiger partial charge is 0.326 e. The van der Waals surface area contributed by atoms with Crippen molar-refractivity contribution in [1.82, 2.24) is 9.55 Å². The first-order chi connectivity index (χ1) is 15.2. The van der Waals surface area contributed by atoms with E-state index < -0.39 is 5.97 Å². The van der Waals surface area contributed by atoms with Crippen LogP contribution in [0.2, 0.25) is 0 Å². The van der Waals surface area contributed by atoms with E-state index in [1.54, 1.807) is 35.8 Å². The summed E-state index contributed by atoms with van der Waals surface area (Å²) in [6, 6.07) is 8.89. The van der Waals surface area contributed by atoms with Crippen molar-refractivity contribution in [2.24, 2.45) is 0 Å². The van der Waals surface area contributed by atoms with Gasteiger partial charge in [-0.1, -0.05) is 30.0 Å². The van der Waals surface area contributed by atoms with Crippen molar-refractivity contribution >= 4 is 50.9 Å². The van der Waals surface area contributed by atoms with Gasteiger partial charge in [0.25, 0.3) is 5.56 Å². The number of carbonyl (C=O) groups excluding carboxylic acids is 2. The fraction of sp³-hybridized carbons (Fsp3) is 0.391. The van der Waals surface area contributed by atoms with Crippen LogP contribution in [-0.4, -0.2) is 40.3 Å². The number of amides is 1. The third kappa shape index (κ3) is 5.05. The lowest BCUT2D eigenvalue weighted by Crippen LogP contribution is -2.38. The quantitative estimate of drug-likeness (QED) is 0.275. The van der Waals surface area contributed by atoms with Crippen LogP contribution in [0.15, 0.2) is 40.3 Å². The molecule has 2 aromatic heterocycles. The minimum atomic E-state index is -0.474.